The molecular formula is C29H42O7. The molecule has 200 valence electrons. The van der Waals surface area contributed by atoms with Crippen LogP contribution in [0.4, 0.5) is 0 Å². The van der Waals surface area contributed by atoms with E-state index in [9.17, 15) is 15.0 Å². The van der Waals surface area contributed by atoms with Crippen LogP contribution in [0.5, 0.6) is 0 Å². The molecule has 3 aliphatic heterocycles. The number of carbonyl (C=O) groups is 1. The number of epoxide rings is 2. The average Bonchev–Trinajstić information content (AvgIpc) is 3.69. The highest BCUT2D eigenvalue weighted by Crippen LogP contribution is 2.72. The molecule has 7 heteroatoms. The fourth-order valence-corrected chi connectivity index (χ4v) is 10.5. The lowest BCUT2D eigenvalue weighted by Gasteiger charge is -2.60. The number of ether oxygens (including phenoxy) is 4. The van der Waals surface area contributed by atoms with E-state index in [-0.39, 0.29) is 64.7 Å². The zero-order chi connectivity index (χ0) is 25.6. The maximum absolute atomic E-state index is 13.3. The Bertz CT molecular complexity index is 1030. The van der Waals surface area contributed by atoms with Crippen molar-refractivity contribution < 1.29 is 34.0 Å². The minimum Gasteiger partial charge on any atom is -0.393 e. The number of hydrogen-bond acceptors (Lipinski definition) is 7. The van der Waals surface area contributed by atoms with Gasteiger partial charge in [-0.1, -0.05) is 19.9 Å². The topological polar surface area (TPSA) is 101 Å². The number of rotatable bonds is 3. The summed E-state index contributed by atoms with van der Waals surface area (Å²) in [6.07, 6.45) is 6.04. The lowest BCUT2D eigenvalue weighted by Crippen LogP contribution is -2.67. The van der Waals surface area contributed by atoms with Crippen LogP contribution in [-0.4, -0.2) is 70.6 Å². The highest BCUT2D eigenvalue weighted by molar-refractivity contribution is 5.97. The first kappa shape index (κ1) is 24.2. The summed E-state index contributed by atoms with van der Waals surface area (Å²) in [6, 6.07) is 0. The van der Waals surface area contributed by atoms with Crippen molar-refractivity contribution in [3.05, 3.63) is 12.2 Å². The van der Waals surface area contributed by atoms with Gasteiger partial charge >= 0.3 is 0 Å². The van der Waals surface area contributed by atoms with Crippen LogP contribution < -0.4 is 0 Å². The molecule has 2 N–H and O–H groups in total. The maximum atomic E-state index is 13.3. The first-order valence-corrected chi connectivity index (χ1v) is 14.0. The zero-order valence-corrected chi connectivity index (χ0v) is 22.4. The smallest absolute Gasteiger partial charge is 0.189 e. The molecule has 0 unspecified atom stereocenters. The lowest BCUT2D eigenvalue weighted by molar-refractivity contribution is -0.220. The van der Waals surface area contributed by atoms with Gasteiger partial charge in [-0.25, -0.2) is 0 Å². The second-order valence-corrected chi connectivity index (χ2v) is 14.0. The molecule has 3 saturated heterocycles. The van der Waals surface area contributed by atoms with Gasteiger partial charge in [0.25, 0.3) is 0 Å². The first-order valence-electron chi connectivity index (χ1n) is 14.0. The molecule has 7 aliphatic rings. The molecule has 0 radical (unpaired) electrons. The Morgan fingerprint density at radius 1 is 1.17 bits per heavy atom. The van der Waals surface area contributed by atoms with E-state index in [1.54, 1.807) is 13.2 Å². The molecule has 0 aromatic heterocycles. The van der Waals surface area contributed by atoms with E-state index in [0.29, 0.717) is 12.8 Å². The Hall–Kier alpha value is -0.830. The van der Waals surface area contributed by atoms with Crippen molar-refractivity contribution in [2.75, 3.05) is 7.11 Å². The van der Waals surface area contributed by atoms with Crippen LogP contribution in [0.2, 0.25) is 0 Å². The predicted octanol–water partition coefficient (Wildman–Crippen LogP) is 3.01. The summed E-state index contributed by atoms with van der Waals surface area (Å²) >= 11 is 0. The molecule has 6 fully saturated rings. The van der Waals surface area contributed by atoms with E-state index < -0.39 is 29.0 Å². The molecule has 4 aliphatic carbocycles. The summed E-state index contributed by atoms with van der Waals surface area (Å²) in [5.41, 5.74) is -2.72. The summed E-state index contributed by atoms with van der Waals surface area (Å²) in [5.74, 6) is 0.716. The van der Waals surface area contributed by atoms with Gasteiger partial charge in [0.15, 0.2) is 12.1 Å². The molecule has 0 bridgehead atoms. The van der Waals surface area contributed by atoms with Crippen LogP contribution in [0, 0.1) is 40.4 Å². The van der Waals surface area contributed by atoms with Gasteiger partial charge in [0.2, 0.25) is 0 Å². The number of carbonyl (C=O) groups excluding carboxylic acids is 1. The minimum atomic E-state index is -1.13. The number of allylic oxidation sites excluding steroid dienone is 1. The Morgan fingerprint density at radius 2 is 1.92 bits per heavy atom. The normalized spacial score (nSPS) is 63.4. The fourth-order valence-electron chi connectivity index (χ4n) is 10.5. The average molecular weight is 503 g/mol. The first-order chi connectivity index (χ1) is 16.9. The molecule has 0 aromatic carbocycles. The standard InChI is InChI=1S/C29H42O7/c1-14(18-13-26(3)28(5,36-26)24(33-6)34-18)21-17(30)12-16-20-15(9-11-25(16,21)2)27(4)19(31)8-7-10-29(27,32)23-22(20)35-23/h7-8,14-18,20-24,30,32H,9-13H2,1-6H3/t14-,15+,16+,17-,18-,20-,21+,22+,23+,24+,25+,26+,27+,28-,29+/m1/s1. The van der Waals surface area contributed by atoms with Gasteiger partial charge in [0.1, 0.15) is 22.9 Å². The predicted molar refractivity (Wildman–Crippen MR) is 130 cm³/mol. The molecule has 7 nitrogen and oxygen atoms in total. The number of ketones is 1. The Balaban J connectivity index is 1.20. The van der Waals surface area contributed by atoms with Crippen molar-refractivity contribution in [3.63, 3.8) is 0 Å². The lowest BCUT2D eigenvalue weighted by atomic mass is 9.43. The van der Waals surface area contributed by atoms with Crippen molar-refractivity contribution in [1.29, 1.82) is 0 Å². The SMILES string of the molecule is CO[C@H]1O[C@@H]([C@@H](C)[C@H]2[C@H](O)C[C@H]3[C@@H]4[C@@H]5O[C@@H]5[C@@]5(O)CC=CC(=O)[C@]5(C)[C@H]4CC[C@]23C)C[C@]2(C)O[C@]12C. The van der Waals surface area contributed by atoms with Crippen LogP contribution in [-0.2, 0) is 23.7 Å². The van der Waals surface area contributed by atoms with E-state index >= 15 is 0 Å². The van der Waals surface area contributed by atoms with Crippen molar-refractivity contribution in [2.45, 2.75) is 114 Å². The third-order valence-electron chi connectivity index (χ3n) is 12.8. The Labute approximate surface area is 213 Å². The van der Waals surface area contributed by atoms with Crippen LogP contribution in [0.15, 0.2) is 12.2 Å². The van der Waals surface area contributed by atoms with Crippen molar-refractivity contribution in [3.8, 4) is 0 Å². The third kappa shape index (κ3) is 2.59. The number of aliphatic hydroxyl groups is 2. The van der Waals surface area contributed by atoms with Gasteiger partial charge in [-0.15, -0.1) is 0 Å². The van der Waals surface area contributed by atoms with Crippen LogP contribution in [0.1, 0.15) is 66.7 Å². The molecule has 0 amide bonds. The van der Waals surface area contributed by atoms with Crippen molar-refractivity contribution in [1.82, 2.24) is 0 Å². The fraction of sp³-hybridized carbons (Fsp3) is 0.897. The van der Waals surface area contributed by atoms with E-state index in [4.69, 9.17) is 18.9 Å². The number of fused-ring (bicyclic) bond motifs is 9. The monoisotopic (exact) mass is 502 g/mol. The van der Waals surface area contributed by atoms with Gasteiger partial charge in [-0.3, -0.25) is 4.79 Å². The molecule has 7 rings (SSSR count). The number of hydrogen-bond donors (Lipinski definition) is 2. The molecule has 3 saturated carbocycles. The van der Waals surface area contributed by atoms with E-state index in [1.165, 1.54) is 0 Å². The zero-order valence-electron chi connectivity index (χ0n) is 22.4. The largest absolute Gasteiger partial charge is 0.393 e. The maximum Gasteiger partial charge on any atom is 0.189 e. The molecule has 3 heterocycles. The van der Waals surface area contributed by atoms with Crippen molar-refractivity contribution >= 4 is 5.78 Å². The summed E-state index contributed by atoms with van der Waals surface area (Å²) in [4.78, 5) is 13.3. The van der Waals surface area contributed by atoms with Crippen molar-refractivity contribution in [2.24, 2.45) is 40.4 Å². The Morgan fingerprint density at radius 3 is 2.64 bits per heavy atom. The second-order valence-electron chi connectivity index (χ2n) is 14.0. The van der Waals surface area contributed by atoms with E-state index in [2.05, 4.69) is 27.7 Å². The van der Waals surface area contributed by atoms with Gasteiger partial charge in [-0.2, -0.15) is 0 Å². The minimum absolute atomic E-state index is 0.0264. The van der Waals surface area contributed by atoms with Crippen LogP contribution >= 0.6 is 0 Å². The molecular weight excluding hydrogens is 460 g/mol. The molecule has 36 heavy (non-hydrogen) atoms. The van der Waals surface area contributed by atoms with Gasteiger partial charge in [-0.05, 0) is 87.5 Å². The number of methoxy groups -OCH3 is 1. The van der Waals surface area contributed by atoms with Crippen LogP contribution in [0.25, 0.3) is 0 Å². The summed E-state index contributed by atoms with van der Waals surface area (Å²) < 4.78 is 24.6. The van der Waals surface area contributed by atoms with Gasteiger partial charge < -0.3 is 29.2 Å². The van der Waals surface area contributed by atoms with E-state index in [0.717, 1.165) is 19.3 Å². The summed E-state index contributed by atoms with van der Waals surface area (Å²) in [5, 5.41) is 23.4. The van der Waals surface area contributed by atoms with Crippen LogP contribution in [0.3, 0.4) is 0 Å². The third-order valence-corrected chi connectivity index (χ3v) is 12.8. The quantitative estimate of drug-likeness (QED) is 0.572. The highest BCUT2D eigenvalue weighted by Gasteiger charge is 2.78. The molecule has 0 aromatic rings. The Kier molecular flexibility index (Phi) is 4.73. The molecule has 15 atom stereocenters. The second kappa shape index (κ2) is 7.02. The van der Waals surface area contributed by atoms with Gasteiger partial charge in [0.05, 0.1) is 23.7 Å². The van der Waals surface area contributed by atoms with Gasteiger partial charge in [0, 0.05) is 13.5 Å². The highest BCUT2D eigenvalue weighted by atomic mass is 16.7. The molecule has 0 spiro atoms. The van der Waals surface area contributed by atoms with E-state index in [1.807, 2.05) is 13.0 Å². The number of aliphatic hydroxyl groups excluding tert-OH is 1. The summed E-state index contributed by atoms with van der Waals surface area (Å²) in [6.45, 7) is 10.8. The summed E-state index contributed by atoms with van der Waals surface area (Å²) in [7, 11) is 1.67.